The number of rotatable bonds is 3. The molecule has 1 atom stereocenters. The first kappa shape index (κ1) is 14.7. The Balaban J connectivity index is 1.89. The van der Waals surface area contributed by atoms with Crippen molar-refractivity contribution in [2.75, 3.05) is 0 Å². The number of nitrogens with zero attached hydrogens (tertiary/aromatic N) is 1. The number of aromatic amines is 1. The maximum atomic E-state index is 11.8. The van der Waals surface area contributed by atoms with E-state index in [0.29, 0.717) is 0 Å². The zero-order valence-corrected chi connectivity index (χ0v) is 14.3. The van der Waals surface area contributed by atoms with Gasteiger partial charge in [0.05, 0.1) is 5.56 Å². The highest BCUT2D eigenvalue weighted by Crippen LogP contribution is 2.43. The van der Waals surface area contributed by atoms with Crippen LogP contribution >= 0.6 is 0 Å². The lowest BCUT2D eigenvalue weighted by Gasteiger charge is -2.20. The molecule has 2 N–H and O–H groups in total. The maximum Gasteiger partial charge on any atom is 0.248 e. The third-order valence-electron chi connectivity index (χ3n) is 5.51. The van der Waals surface area contributed by atoms with Gasteiger partial charge in [-0.2, -0.15) is 4.57 Å². The Hall–Kier alpha value is -2.65. The van der Waals surface area contributed by atoms with Crippen molar-refractivity contribution in [2.24, 2.45) is 0 Å². The summed E-state index contributed by atoms with van der Waals surface area (Å²) in [5, 5.41) is 14.2. The SMILES string of the molecule is CCCCC1(O)c2ccccc2-[n+]2ccc3c([nH]c4ccccc43)c21. The maximum absolute atomic E-state index is 11.8. The number of hydrogen-bond donors (Lipinski definition) is 2. The van der Waals surface area contributed by atoms with Crippen molar-refractivity contribution in [2.45, 2.75) is 31.8 Å². The van der Waals surface area contributed by atoms with Crippen LogP contribution in [-0.2, 0) is 5.60 Å². The number of pyridine rings is 1. The molecule has 3 heterocycles. The zero-order chi connectivity index (χ0) is 17.0. The summed E-state index contributed by atoms with van der Waals surface area (Å²) in [5.74, 6) is 0. The number of para-hydroxylation sites is 2. The number of aliphatic hydroxyl groups is 1. The van der Waals surface area contributed by atoms with Gasteiger partial charge in [-0.1, -0.05) is 43.7 Å². The van der Waals surface area contributed by atoms with Crippen LogP contribution in [0.1, 0.15) is 37.4 Å². The van der Waals surface area contributed by atoms with Crippen LogP contribution in [0.15, 0.2) is 60.8 Å². The predicted octanol–water partition coefficient (Wildman–Crippen LogP) is 4.34. The van der Waals surface area contributed by atoms with Crippen LogP contribution in [0, 0.1) is 0 Å². The molecule has 0 saturated carbocycles. The van der Waals surface area contributed by atoms with Crippen molar-refractivity contribution in [3.8, 4) is 5.69 Å². The van der Waals surface area contributed by atoms with Gasteiger partial charge in [0.15, 0.2) is 11.8 Å². The van der Waals surface area contributed by atoms with E-state index >= 15 is 0 Å². The molecule has 0 saturated heterocycles. The number of nitrogens with one attached hydrogen (secondary N) is 1. The molecule has 124 valence electrons. The molecule has 0 radical (unpaired) electrons. The molecule has 4 aromatic rings. The van der Waals surface area contributed by atoms with Gasteiger partial charge in [-0.3, -0.25) is 0 Å². The topological polar surface area (TPSA) is 39.9 Å². The third kappa shape index (κ3) is 1.87. The van der Waals surface area contributed by atoms with Gasteiger partial charge in [-0.05, 0) is 25.0 Å². The van der Waals surface area contributed by atoms with Crippen LogP contribution < -0.4 is 4.57 Å². The minimum Gasteiger partial charge on any atom is -0.374 e. The molecule has 2 aromatic carbocycles. The van der Waals surface area contributed by atoms with E-state index in [9.17, 15) is 5.11 Å². The van der Waals surface area contributed by atoms with Crippen LogP contribution in [0.2, 0.25) is 0 Å². The normalized spacial score (nSPS) is 18.6. The molecular weight excluding hydrogens is 308 g/mol. The fourth-order valence-corrected chi connectivity index (χ4v) is 4.32. The molecule has 1 unspecified atom stereocenters. The molecule has 5 rings (SSSR count). The van der Waals surface area contributed by atoms with E-state index in [4.69, 9.17) is 0 Å². The smallest absolute Gasteiger partial charge is 0.248 e. The van der Waals surface area contributed by atoms with Gasteiger partial charge in [-0.25, -0.2) is 0 Å². The molecule has 0 spiro atoms. The molecule has 0 bridgehead atoms. The van der Waals surface area contributed by atoms with E-state index in [-0.39, 0.29) is 0 Å². The fourth-order valence-electron chi connectivity index (χ4n) is 4.32. The summed E-state index contributed by atoms with van der Waals surface area (Å²) < 4.78 is 2.16. The Morgan fingerprint density at radius 1 is 1.00 bits per heavy atom. The van der Waals surface area contributed by atoms with E-state index in [0.717, 1.165) is 47.2 Å². The molecule has 25 heavy (non-hydrogen) atoms. The van der Waals surface area contributed by atoms with Crippen LogP contribution in [0.3, 0.4) is 0 Å². The van der Waals surface area contributed by atoms with Crippen molar-refractivity contribution in [1.82, 2.24) is 4.98 Å². The lowest BCUT2D eigenvalue weighted by atomic mass is 9.86. The summed E-state index contributed by atoms with van der Waals surface area (Å²) in [5.41, 5.74) is 4.26. The number of aromatic nitrogens is 2. The van der Waals surface area contributed by atoms with E-state index in [2.05, 4.69) is 59.1 Å². The van der Waals surface area contributed by atoms with Crippen molar-refractivity contribution < 1.29 is 9.67 Å². The second-order valence-corrected chi connectivity index (χ2v) is 6.97. The van der Waals surface area contributed by atoms with Gasteiger partial charge in [0.25, 0.3) is 0 Å². The van der Waals surface area contributed by atoms with Crippen molar-refractivity contribution in [3.63, 3.8) is 0 Å². The Labute approximate surface area is 146 Å². The average molecular weight is 329 g/mol. The molecular formula is C22H21N2O+. The minimum atomic E-state index is -0.951. The molecule has 0 amide bonds. The van der Waals surface area contributed by atoms with E-state index in [1.54, 1.807) is 0 Å². The van der Waals surface area contributed by atoms with Crippen LogP contribution in [0.4, 0.5) is 0 Å². The molecule has 3 heteroatoms. The first-order valence-corrected chi connectivity index (χ1v) is 9.02. The summed E-state index contributed by atoms with van der Waals surface area (Å²) in [7, 11) is 0. The standard InChI is InChI=1S/C22H20N2O/c1-2-3-13-22(25)17-9-5-7-11-19(17)24-14-12-16-15-8-4-6-10-18(15)23-20(16)21(22)24/h4-12,14,25H,2-3,13H2,1H3/p+1. The summed E-state index contributed by atoms with van der Waals surface area (Å²) in [6, 6.07) is 18.7. The van der Waals surface area contributed by atoms with E-state index in [1.165, 1.54) is 10.8 Å². The summed E-state index contributed by atoms with van der Waals surface area (Å²) >= 11 is 0. The predicted molar refractivity (Wildman–Crippen MR) is 99.9 cm³/mol. The lowest BCUT2D eigenvalue weighted by molar-refractivity contribution is -0.601. The molecule has 3 nitrogen and oxygen atoms in total. The Bertz CT molecular complexity index is 1110. The van der Waals surface area contributed by atoms with Gasteiger partial charge >= 0.3 is 0 Å². The zero-order valence-electron chi connectivity index (χ0n) is 14.3. The first-order chi connectivity index (χ1) is 12.2. The second kappa shape index (κ2) is 5.17. The molecule has 0 aliphatic carbocycles. The summed E-state index contributed by atoms with van der Waals surface area (Å²) in [4.78, 5) is 3.56. The number of hydrogen-bond acceptors (Lipinski definition) is 1. The number of H-pyrrole nitrogens is 1. The average Bonchev–Trinajstić information content (AvgIpc) is 3.15. The first-order valence-electron chi connectivity index (χ1n) is 9.02. The van der Waals surface area contributed by atoms with Crippen LogP contribution in [0.5, 0.6) is 0 Å². The Morgan fingerprint density at radius 2 is 1.80 bits per heavy atom. The summed E-state index contributed by atoms with van der Waals surface area (Å²) in [6.07, 6.45) is 4.88. The van der Waals surface area contributed by atoms with E-state index < -0.39 is 5.60 Å². The monoisotopic (exact) mass is 329 g/mol. The van der Waals surface area contributed by atoms with Gasteiger partial charge in [0, 0.05) is 28.4 Å². The Kier molecular flexibility index (Phi) is 3.03. The van der Waals surface area contributed by atoms with Crippen LogP contribution in [0.25, 0.3) is 27.5 Å². The van der Waals surface area contributed by atoms with Crippen molar-refractivity contribution in [3.05, 3.63) is 72.1 Å². The lowest BCUT2D eigenvalue weighted by Crippen LogP contribution is -2.36. The van der Waals surface area contributed by atoms with Gasteiger partial charge in [-0.15, -0.1) is 0 Å². The number of fused-ring (bicyclic) bond motifs is 7. The van der Waals surface area contributed by atoms with Crippen molar-refractivity contribution >= 4 is 21.8 Å². The highest BCUT2D eigenvalue weighted by Gasteiger charge is 2.50. The molecule has 2 aromatic heterocycles. The number of unbranched alkanes of at least 4 members (excludes halogenated alkanes) is 1. The quantitative estimate of drug-likeness (QED) is 0.539. The minimum absolute atomic E-state index is 0.731. The third-order valence-corrected chi connectivity index (χ3v) is 5.51. The Morgan fingerprint density at radius 3 is 2.68 bits per heavy atom. The second-order valence-electron chi connectivity index (χ2n) is 6.97. The largest absolute Gasteiger partial charge is 0.374 e. The highest BCUT2D eigenvalue weighted by atomic mass is 16.3. The van der Waals surface area contributed by atoms with Gasteiger partial charge in [0.2, 0.25) is 11.4 Å². The van der Waals surface area contributed by atoms with Gasteiger partial charge < -0.3 is 10.1 Å². The molecule has 0 fully saturated rings. The van der Waals surface area contributed by atoms with Crippen molar-refractivity contribution in [1.29, 1.82) is 0 Å². The van der Waals surface area contributed by atoms with Crippen LogP contribution in [-0.4, -0.2) is 10.1 Å². The molecule has 1 aliphatic rings. The van der Waals surface area contributed by atoms with E-state index in [1.807, 2.05) is 18.2 Å². The number of benzene rings is 2. The van der Waals surface area contributed by atoms with Gasteiger partial charge in [0.1, 0.15) is 5.52 Å². The molecule has 1 aliphatic heterocycles. The fraction of sp³-hybridized carbons (Fsp3) is 0.227. The highest BCUT2D eigenvalue weighted by molar-refractivity contribution is 6.07. The summed E-state index contributed by atoms with van der Waals surface area (Å²) in [6.45, 7) is 2.17.